The Balaban J connectivity index is 1.97. The molecule has 1 aromatic rings. The first-order valence-electron chi connectivity index (χ1n) is 7.12. The van der Waals surface area contributed by atoms with Gasteiger partial charge in [0.05, 0.1) is 15.2 Å². The molecule has 0 spiro atoms. The Bertz CT molecular complexity index is 533. The molecule has 2 rings (SSSR count). The molecule has 1 N–H and O–H groups in total. The highest BCUT2D eigenvalue weighted by Crippen LogP contribution is 2.46. The second-order valence-electron chi connectivity index (χ2n) is 4.63. The van der Waals surface area contributed by atoms with Crippen LogP contribution < -0.4 is 0 Å². The molecule has 0 fully saturated rings. The molecule has 22 heavy (non-hydrogen) atoms. The largest absolute Gasteiger partial charge is 0.478 e. The number of carboxylic acid groups (broad SMARTS) is 1. The summed E-state index contributed by atoms with van der Waals surface area (Å²) in [6, 6.07) is 3.42. The second kappa shape index (κ2) is 8.45. The summed E-state index contributed by atoms with van der Waals surface area (Å²) in [5, 5.41) is 9.49. The van der Waals surface area contributed by atoms with Crippen LogP contribution in [0.25, 0.3) is 0 Å². The number of thioether (sulfide) groups is 2. The van der Waals surface area contributed by atoms with E-state index in [1.165, 1.54) is 0 Å². The van der Waals surface area contributed by atoms with Crippen LogP contribution in [-0.2, 0) is 15.9 Å². The summed E-state index contributed by atoms with van der Waals surface area (Å²) in [5.41, 5.74) is 1.11. The van der Waals surface area contributed by atoms with Gasteiger partial charge in [0, 0.05) is 23.9 Å². The Morgan fingerprint density at radius 2 is 2.14 bits per heavy atom. The van der Waals surface area contributed by atoms with Gasteiger partial charge in [-0.05, 0) is 38.0 Å². The minimum Gasteiger partial charge on any atom is -0.478 e. The Morgan fingerprint density at radius 3 is 2.73 bits per heavy atom. The zero-order chi connectivity index (χ0) is 16.1. The van der Waals surface area contributed by atoms with Crippen LogP contribution in [0.3, 0.4) is 0 Å². The van der Waals surface area contributed by atoms with Crippen molar-refractivity contribution in [1.29, 1.82) is 0 Å². The quantitative estimate of drug-likeness (QED) is 0.701. The van der Waals surface area contributed by atoms with Crippen molar-refractivity contribution in [3.8, 4) is 0 Å². The van der Waals surface area contributed by atoms with Crippen molar-refractivity contribution in [1.82, 2.24) is 0 Å². The highest BCUT2D eigenvalue weighted by Gasteiger charge is 2.28. The smallest absolute Gasteiger partial charge is 0.337 e. The fourth-order valence-corrected chi connectivity index (χ4v) is 5.27. The van der Waals surface area contributed by atoms with Crippen LogP contribution in [0.2, 0.25) is 5.02 Å². The molecule has 0 aromatic heterocycles. The first kappa shape index (κ1) is 17.9. The van der Waals surface area contributed by atoms with Crippen molar-refractivity contribution >= 4 is 41.1 Å². The summed E-state index contributed by atoms with van der Waals surface area (Å²) in [5.74, 6) is -0.238. The van der Waals surface area contributed by atoms with Gasteiger partial charge in [0.1, 0.15) is 0 Å². The van der Waals surface area contributed by atoms with Crippen LogP contribution in [0.4, 0.5) is 0 Å². The molecule has 7 heteroatoms. The standard InChI is InChI=1S/C15H19ClO4S2/c1-3-19-12(20-4-2)8-21-13-7-10-11(22-13)6-5-9(14(10)16)15(17)18/h5-6,12-13H,3-4,7-8H2,1-2H3,(H,17,18). The first-order chi connectivity index (χ1) is 10.6. The molecule has 0 amide bonds. The molecular weight excluding hydrogens is 344 g/mol. The third-order valence-electron chi connectivity index (χ3n) is 3.18. The molecule has 1 aliphatic rings. The van der Waals surface area contributed by atoms with Crippen molar-refractivity contribution in [2.75, 3.05) is 19.0 Å². The van der Waals surface area contributed by atoms with Crippen molar-refractivity contribution in [2.45, 2.75) is 36.0 Å². The predicted molar refractivity (Wildman–Crippen MR) is 91.3 cm³/mol. The summed E-state index contributed by atoms with van der Waals surface area (Å²) in [6.45, 7) is 5.14. The lowest BCUT2D eigenvalue weighted by molar-refractivity contribution is -0.120. The lowest BCUT2D eigenvalue weighted by Gasteiger charge is -2.18. The van der Waals surface area contributed by atoms with Gasteiger partial charge in [-0.1, -0.05) is 11.6 Å². The molecule has 0 radical (unpaired) electrons. The molecule has 0 bridgehead atoms. The Kier molecular flexibility index (Phi) is 6.89. The highest BCUT2D eigenvalue weighted by molar-refractivity contribution is 8.17. The minimum atomic E-state index is -0.985. The number of ether oxygens (including phenoxy) is 2. The number of hydrogen-bond acceptors (Lipinski definition) is 5. The average Bonchev–Trinajstić information content (AvgIpc) is 2.89. The van der Waals surface area contributed by atoms with Gasteiger partial charge in [0.15, 0.2) is 6.29 Å². The van der Waals surface area contributed by atoms with Gasteiger partial charge in [0.25, 0.3) is 0 Å². The van der Waals surface area contributed by atoms with Gasteiger partial charge in [-0.15, -0.1) is 23.5 Å². The number of aromatic carboxylic acids is 1. The van der Waals surface area contributed by atoms with Gasteiger partial charge in [0.2, 0.25) is 0 Å². The van der Waals surface area contributed by atoms with E-state index in [0.29, 0.717) is 22.8 Å². The van der Waals surface area contributed by atoms with Crippen LogP contribution in [0.5, 0.6) is 0 Å². The number of fused-ring (bicyclic) bond motifs is 1. The van der Waals surface area contributed by atoms with Crippen molar-refractivity contribution in [3.05, 3.63) is 28.3 Å². The van der Waals surface area contributed by atoms with E-state index < -0.39 is 5.97 Å². The van der Waals surface area contributed by atoms with E-state index in [0.717, 1.165) is 22.6 Å². The van der Waals surface area contributed by atoms with E-state index >= 15 is 0 Å². The monoisotopic (exact) mass is 362 g/mol. The molecule has 1 heterocycles. The second-order valence-corrected chi connectivity index (χ2v) is 7.79. The zero-order valence-electron chi connectivity index (χ0n) is 12.5. The maximum absolute atomic E-state index is 11.1. The van der Waals surface area contributed by atoms with Gasteiger partial charge < -0.3 is 14.6 Å². The molecule has 1 aromatic carbocycles. The maximum atomic E-state index is 11.1. The van der Waals surface area contributed by atoms with E-state index in [1.54, 1.807) is 29.6 Å². The summed E-state index contributed by atoms with van der Waals surface area (Å²) in [7, 11) is 0. The van der Waals surface area contributed by atoms with Gasteiger partial charge >= 0.3 is 5.97 Å². The molecule has 0 saturated heterocycles. The lowest BCUT2D eigenvalue weighted by Crippen LogP contribution is -2.21. The van der Waals surface area contributed by atoms with Crippen molar-refractivity contribution < 1.29 is 19.4 Å². The summed E-state index contributed by atoms with van der Waals surface area (Å²) >= 11 is 9.71. The SMILES string of the molecule is CCOC(CSC1Cc2c(ccc(C(=O)O)c2Cl)S1)OCC. The molecule has 0 saturated carbocycles. The van der Waals surface area contributed by atoms with E-state index in [-0.39, 0.29) is 11.9 Å². The van der Waals surface area contributed by atoms with E-state index in [9.17, 15) is 4.79 Å². The minimum absolute atomic E-state index is 0.174. The molecular formula is C15H19ClO4S2. The normalized spacial score (nSPS) is 17.0. The zero-order valence-corrected chi connectivity index (χ0v) is 14.9. The van der Waals surface area contributed by atoms with Gasteiger partial charge in [-0.2, -0.15) is 0 Å². The molecule has 1 unspecified atom stereocenters. The third-order valence-corrected chi connectivity index (χ3v) is 6.38. The van der Waals surface area contributed by atoms with Crippen LogP contribution in [-0.4, -0.2) is 40.9 Å². The molecule has 4 nitrogen and oxygen atoms in total. The number of benzene rings is 1. The topological polar surface area (TPSA) is 55.8 Å². The van der Waals surface area contributed by atoms with E-state index in [2.05, 4.69) is 0 Å². The first-order valence-corrected chi connectivity index (χ1v) is 9.43. The van der Waals surface area contributed by atoms with Crippen LogP contribution in [0, 0.1) is 0 Å². The summed E-state index contributed by atoms with van der Waals surface area (Å²) < 4.78 is 11.4. The average molecular weight is 363 g/mol. The predicted octanol–water partition coefficient (Wildman–Crippen LogP) is 4.14. The van der Waals surface area contributed by atoms with E-state index in [4.69, 9.17) is 26.2 Å². The number of carbonyl (C=O) groups is 1. The fraction of sp³-hybridized carbons (Fsp3) is 0.533. The van der Waals surface area contributed by atoms with Gasteiger partial charge in [-0.3, -0.25) is 0 Å². The molecule has 0 aliphatic carbocycles. The number of carboxylic acids is 1. The lowest BCUT2D eigenvalue weighted by atomic mass is 10.1. The van der Waals surface area contributed by atoms with Crippen LogP contribution >= 0.6 is 35.1 Å². The van der Waals surface area contributed by atoms with Crippen molar-refractivity contribution in [3.63, 3.8) is 0 Å². The molecule has 122 valence electrons. The number of halogens is 1. The Labute approximate surface area is 143 Å². The van der Waals surface area contributed by atoms with Crippen LogP contribution in [0.1, 0.15) is 29.8 Å². The maximum Gasteiger partial charge on any atom is 0.337 e. The summed E-state index contributed by atoms with van der Waals surface area (Å²) in [4.78, 5) is 12.2. The molecule has 1 aliphatic heterocycles. The van der Waals surface area contributed by atoms with Crippen LogP contribution in [0.15, 0.2) is 17.0 Å². The number of hydrogen-bond donors (Lipinski definition) is 1. The van der Waals surface area contributed by atoms with Gasteiger partial charge in [-0.25, -0.2) is 4.79 Å². The van der Waals surface area contributed by atoms with E-state index in [1.807, 2.05) is 19.9 Å². The number of rotatable bonds is 8. The Hall–Kier alpha value is -0.400. The summed E-state index contributed by atoms with van der Waals surface area (Å²) in [6.07, 6.45) is 0.560. The van der Waals surface area contributed by atoms with Crippen molar-refractivity contribution in [2.24, 2.45) is 0 Å². The fourth-order valence-electron chi connectivity index (χ4n) is 2.21. The third kappa shape index (κ3) is 4.32. The Morgan fingerprint density at radius 1 is 1.45 bits per heavy atom. The highest BCUT2D eigenvalue weighted by atomic mass is 35.5. The molecule has 1 atom stereocenters.